The summed E-state index contributed by atoms with van der Waals surface area (Å²) in [7, 11) is 0. The Bertz CT molecular complexity index is 1280. The lowest BCUT2D eigenvalue weighted by molar-refractivity contribution is -0.192. The van der Waals surface area contributed by atoms with Crippen molar-refractivity contribution in [3.05, 3.63) is 55.3 Å². The number of aliphatic carboxylic acids is 1. The number of halogens is 3. The van der Waals surface area contributed by atoms with Crippen molar-refractivity contribution in [2.24, 2.45) is 0 Å². The topological polar surface area (TPSA) is 132 Å². The van der Waals surface area contributed by atoms with E-state index in [2.05, 4.69) is 39.2 Å². The van der Waals surface area contributed by atoms with Crippen LogP contribution in [0.5, 0.6) is 0 Å². The molecule has 4 rings (SSSR count). The fraction of sp³-hybridized carbons (Fsp3) is 0.333. The molecule has 0 bridgehead atoms. The fourth-order valence-corrected chi connectivity index (χ4v) is 3.16. The molecule has 14 heteroatoms. The van der Waals surface area contributed by atoms with E-state index in [1.165, 1.54) is 0 Å². The number of rotatable bonds is 7. The molecule has 0 aliphatic carbocycles. The van der Waals surface area contributed by atoms with Crippen molar-refractivity contribution in [1.82, 2.24) is 39.0 Å². The Kier molecular flexibility index (Phi) is 7.83. The molecule has 0 unspecified atom stereocenters. The Morgan fingerprint density at radius 3 is 2.49 bits per heavy atom. The number of carbonyl (C=O) groups excluding carboxylic acids is 1. The standard InChI is InChI=1S/C19H22N8O.C2HF3O2/c1-14(2)27-15(4-6-23-27)18-24-17(16-12-20-8-11-26(16)18)19(28)22-5-3-9-25-10-7-21-13-25;3-2(4,5)1(6)7/h4,6-8,10-14H,3,5,9H2,1-2H3,(H,22,28);(H,6,7). The molecular weight excluding hydrogens is 469 g/mol. The molecule has 2 N–H and O–H groups in total. The maximum Gasteiger partial charge on any atom is 0.490 e. The van der Waals surface area contributed by atoms with E-state index in [0.717, 1.165) is 18.7 Å². The van der Waals surface area contributed by atoms with Gasteiger partial charge in [-0.2, -0.15) is 18.3 Å². The molecule has 4 aromatic rings. The van der Waals surface area contributed by atoms with Gasteiger partial charge in [-0.15, -0.1) is 0 Å². The zero-order chi connectivity index (χ0) is 25.6. The summed E-state index contributed by atoms with van der Waals surface area (Å²) in [5.74, 6) is -2.29. The zero-order valence-electron chi connectivity index (χ0n) is 18.8. The first-order valence-corrected chi connectivity index (χ1v) is 10.5. The maximum absolute atomic E-state index is 12.8. The van der Waals surface area contributed by atoms with Crippen LogP contribution in [0.4, 0.5) is 13.2 Å². The molecule has 0 spiro atoms. The number of aromatic nitrogens is 7. The number of alkyl halides is 3. The Balaban J connectivity index is 0.000000429. The number of carboxylic acids is 1. The Morgan fingerprint density at radius 1 is 1.14 bits per heavy atom. The third-order valence-corrected chi connectivity index (χ3v) is 4.73. The summed E-state index contributed by atoms with van der Waals surface area (Å²) in [6.07, 6.45) is 8.03. The van der Waals surface area contributed by atoms with Crippen LogP contribution in [-0.2, 0) is 11.3 Å². The van der Waals surface area contributed by atoms with E-state index in [-0.39, 0.29) is 11.9 Å². The van der Waals surface area contributed by atoms with Crippen molar-refractivity contribution in [2.45, 2.75) is 39.0 Å². The minimum atomic E-state index is -5.08. The van der Waals surface area contributed by atoms with Crippen LogP contribution in [0.25, 0.3) is 17.0 Å². The first kappa shape index (κ1) is 25.4. The van der Waals surface area contributed by atoms with Gasteiger partial charge in [-0.25, -0.2) is 14.8 Å². The molecule has 0 saturated carbocycles. The number of carboxylic acid groups (broad SMARTS) is 1. The van der Waals surface area contributed by atoms with E-state index in [9.17, 15) is 18.0 Å². The molecule has 35 heavy (non-hydrogen) atoms. The van der Waals surface area contributed by atoms with Gasteiger partial charge in [0.05, 0.1) is 18.0 Å². The molecule has 0 fully saturated rings. The molecule has 11 nitrogen and oxygen atoms in total. The first-order valence-electron chi connectivity index (χ1n) is 10.5. The number of imidazole rings is 2. The van der Waals surface area contributed by atoms with Crippen molar-refractivity contribution in [2.75, 3.05) is 6.54 Å². The van der Waals surface area contributed by atoms with Gasteiger partial charge in [0, 0.05) is 50.1 Å². The summed E-state index contributed by atoms with van der Waals surface area (Å²) < 4.78 is 37.5. The zero-order valence-corrected chi connectivity index (χ0v) is 18.8. The van der Waals surface area contributed by atoms with Crippen molar-refractivity contribution in [3.8, 4) is 11.5 Å². The number of hydrogen-bond acceptors (Lipinski definition) is 6. The lowest BCUT2D eigenvalue weighted by Gasteiger charge is -2.09. The fourth-order valence-electron chi connectivity index (χ4n) is 3.16. The average Bonchev–Trinajstić information content (AvgIpc) is 3.55. The molecule has 4 aromatic heterocycles. The summed E-state index contributed by atoms with van der Waals surface area (Å²) >= 11 is 0. The molecule has 0 radical (unpaired) electrons. The monoisotopic (exact) mass is 492 g/mol. The van der Waals surface area contributed by atoms with Crippen molar-refractivity contribution in [3.63, 3.8) is 0 Å². The van der Waals surface area contributed by atoms with Crippen molar-refractivity contribution in [1.29, 1.82) is 0 Å². The van der Waals surface area contributed by atoms with Crippen LogP contribution in [0.3, 0.4) is 0 Å². The van der Waals surface area contributed by atoms with Crippen LogP contribution in [-0.4, -0.2) is 63.4 Å². The van der Waals surface area contributed by atoms with E-state index in [1.54, 1.807) is 31.1 Å². The largest absolute Gasteiger partial charge is 0.490 e. The van der Waals surface area contributed by atoms with Crippen LogP contribution in [0.2, 0.25) is 0 Å². The van der Waals surface area contributed by atoms with Gasteiger partial charge in [-0.3, -0.25) is 18.9 Å². The molecular formula is C21H23F3N8O3. The number of amides is 1. The van der Waals surface area contributed by atoms with Gasteiger partial charge in [0.25, 0.3) is 5.91 Å². The normalized spacial score (nSPS) is 11.4. The predicted octanol–water partition coefficient (Wildman–Crippen LogP) is 2.82. The average molecular weight is 492 g/mol. The van der Waals surface area contributed by atoms with E-state index < -0.39 is 12.1 Å². The van der Waals surface area contributed by atoms with Gasteiger partial charge >= 0.3 is 12.1 Å². The molecule has 1 amide bonds. The Morgan fingerprint density at radius 2 is 1.86 bits per heavy atom. The third kappa shape index (κ3) is 6.22. The summed E-state index contributed by atoms with van der Waals surface area (Å²) in [5.41, 5.74) is 1.89. The summed E-state index contributed by atoms with van der Waals surface area (Å²) in [4.78, 5) is 34.5. The Labute approximate surface area is 197 Å². The number of fused-ring (bicyclic) bond motifs is 1. The number of aryl methyl sites for hydroxylation is 1. The lowest BCUT2D eigenvalue weighted by Crippen LogP contribution is -2.25. The van der Waals surface area contributed by atoms with Crippen molar-refractivity contribution >= 4 is 17.4 Å². The van der Waals surface area contributed by atoms with Crippen molar-refractivity contribution < 1.29 is 27.9 Å². The molecule has 0 saturated heterocycles. The highest BCUT2D eigenvalue weighted by molar-refractivity contribution is 5.99. The minimum absolute atomic E-state index is 0.180. The molecule has 0 atom stereocenters. The first-order chi connectivity index (χ1) is 16.6. The number of nitrogens with zero attached hydrogens (tertiary/aromatic N) is 7. The number of hydrogen-bond donors (Lipinski definition) is 2. The van der Waals surface area contributed by atoms with Crippen LogP contribution in [0.15, 0.2) is 49.6 Å². The highest BCUT2D eigenvalue weighted by atomic mass is 19.4. The van der Waals surface area contributed by atoms with Crippen LogP contribution >= 0.6 is 0 Å². The second-order valence-corrected chi connectivity index (χ2v) is 7.58. The highest BCUT2D eigenvalue weighted by Crippen LogP contribution is 2.24. The molecule has 4 heterocycles. The van der Waals surface area contributed by atoms with Gasteiger partial charge in [-0.1, -0.05) is 0 Å². The molecule has 0 aliphatic heterocycles. The van der Waals surface area contributed by atoms with Gasteiger partial charge in [0.2, 0.25) is 0 Å². The molecule has 186 valence electrons. The quantitative estimate of drug-likeness (QED) is 0.379. The van der Waals surface area contributed by atoms with Gasteiger partial charge < -0.3 is 15.0 Å². The summed E-state index contributed by atoms with van der Waals surface area (Å²) in [6.45, 7) is 5.46. The number of carbonyl (C=O) groups is 2. The molecule has 0 aromatic carbocycles. The smallest absolute Gasteiger partial charge is 0.475 e. The maximum atomic E-state index is 12.8. The molecule has 0 aliphatic rings. The van der Waals surface area contributed by atoms with E-state index in [4.69, 9.17) is 9.90 Å². The summed E-state index contributed by atoms with van der Waals surface area (Å²) in [5, 5.41) is 14.5. The third-order valence-electron chi connectivity index (χ3n) is 4.73. The van der Waals surface area contributed by atoms with E-state index in [1.807, 2.05) is 32.1 Å². The van der Waals surface area contributed by atoms with E-state index in [0.29, 0.717) is 23.6 Å². The lowest BCUT2D eigenvalue weighted by atomic mass is 10.3. The van der Waals surface area contributed by atoms with Gasteiger partial charge in [-0.05, 0) is 26.3 Å². The van der Waals surface area contributed by atoms with Crippen LogP contribution in [0, 0.1) is 0 Å². The SMILES string of the molecule is CC(C)n1nccc1-c1nc(C(=O)NCCCn2ccnc2)c2cnccn12.O=C(O)C(F)(F)F. The summed E-state index contributed by atoms with van der Waals surface area (Å²) in [6, 6.07) is 2.08. The van der Waals surface area contributed by atoms with Gasteiger partial charge in [0.15, 0.2) is 11.5 Å². The second-order valence-electron chi connectivity index (χ2n) is 7.58. The highest BCUT2D eigenvalue weighted by Gasteiger charge is 2.38. The second kappa shape index (κ2) is 10.8. The number of nitrogens with one attached hydrogen (secondary N) is 1. The Hall–Kier alpha value is -4.23. The van der Waals surface area contributed by atoms with E-state index >= 15 is 0 Å². The van der Waals surface area contributed by atoms with Crippen LogP contribution in [0.1, 0.15) is 36.8 Å². The predicted molar refractivity (Wildman–Crippen MR) is 117 cm³/mol. The minimum Gasteiger partial charge on any atom is -0.475 e. The van der Waals surface area contributed by atoms with Crippen LogP contribution < -0.4 is 5.32 Å². The van der Waals surface area contributed by atoms with Gasteiger partial charge in [0.1, 0.15) is 5.69 Å².